The fourth-order valence-corrected chi connectivity index (χ4v) is 10.6. The minimum Gasteiger partial charge on any atom is -0.394 e. The lowest BCUT2D eigenvalue weighted by Crippen LogP contribution is -2.60. The van der Waals surface area contributed by atoms with E-state index in [0.717, 1.165) is 51.4 Å². The van der Waals surface area contributed by atoms with Gasteiger partial charge in [-0.05, 0) is 57.8 Å². The number of allylic oxidation sites excluding steroid dienone is 7. The van der Waals surface area contributed by atoms with Crippen LogP contribution in [0.5, 0.6) is 0 Å². The number of hydrogen-bond acceptors (Lipinski definition) is 8. The zero-order valence-electron chi connectivity index (χ0n) is 50.5. The summed E-state index contributed by atoms with van der Waals surface area (Å²) in [6.45, 7) is 3.80. The topological polar surface area (TPSA) is 149 Å². The average Bonchev–Trinajstić information content (AvgIpc) is 3.43. The van der Waals surface area contributed by atoms with Crippen LogP contribution in [-0.2, 0) is 14.3 Å². The molecule has 0 radical (unpaired) electrons. The van der Waals surface area contributed by atoms with Gasteiger partial charge in [0.25, 0.3) is 0 Å². The SMILES string of the molecule is CCCCCCC/C=C\C/C=C\C/C=C\CCCCCCCCCCCCCCCCCCCCCCCCC(=O)NC(COC1OC(CO)C(O)C(O)C1O)C(O)/C=C/CCCCCCCCCCCCCCCCC. The Kier molecular flexibility index (Phi) is 54.5. The first-order valence-corrected chi connectivity index (χ1v) is 33.4. The standard InChI is InChI=1S/C68H127NO8/c1-3-5-7-9-11-13-15-17-19-21-22-23-24-25-26-27-28-29-30-31-32-33-34-35-36-37-38-39-40-42-44-46-48-50-52-54-56-58-64(72)69-61(60-76-68-67(75)66(74)65(73)63(59-70)77-68)62(71)57-55-53-51-49-47-45-43-41-20-18-16-14-12-10-8-6-4-2/h15,17,21-22,24-25,55,57,61-63,65-68,70-71,73-75H,3-14,16,18-20,23,26-54,56,58-60H2,1-2H3,(H,69,72)/b17-15-,22-21-,25-24-,57-55+. The highest BCUT2D eigenvalue weighted by atomic mass is 16.7. The number of amides is 1. The second-order valence-electron chi connectivity index (χ2n) is 23.3. The van der Waals surface area contributed by atoms with E-state index in [-0.39, 0.29) is 12.5 Å². The molecule has 1 amide bonds. The molecule has 1 fully saturated rings. The number of aliphatic hydroxyl groups excluding tert-OH is 5. The van der Waals surface area contributed by atoms with E-state index in [1.54, 1.807) is 6.08 Å². The van der Waals surface area contributed by atoms with Crippen molar-refractivity contribution >= 4 is 5.91 Å². The zero-order valence-corrected chi connectivity index (χ0v) is 50.5. The molecule has 0 aromatic rings. The van der Waals surface area contributed by atoms with Gasteiger partial charge in [-0.3, -0.25) is 4.79 Å². The van der Waals surface area contributed by atoms with Crippen LogP contribution < -0.4 is 5.32 Å². The Bertz CT molecular complexity index is 1350. The van der Waals surface area contributed by atoms with Crippen molar-refractivity contribution in [2.45, 2.75) is 365 Å². The van der Waals surface area contributed by atoms with E-state index < -0.39 is 49.5 Å². The summed E-state index contributed by atoms with van der Waals surface area (Å²) in [5.74, 6) is -0.172. The van der Waals surface area contributed by atoms with Crippen molar-refractivity contribution in [3.63, 3.8) is 0 Å². The van der Waals surface area contributed by atoms with E-state index in [9.17, 15) is 30.3 Å². The smallest absolute Gasteiger partial charge is 0.220 e. The molecule has 9 heteroatoms. The summed E-state index contributed by atoms with van der Waals surface area (Å²) in [7, 11) is 0. The van der Waals surface area contributed by atoms with Crippen LogP contribution in [-0.4, -0.2) is 87.5 Å². The van der Waals surface area contributed by atoms with Gasteiger partial charge in [-0.25, -0.2) is 0 Å². The van der Waals surface area contributed by atoms with Gasteiger partial charge in [-0.1, -0.05) is 306 Å². The summed E-state index contributed by atoms with van der Waals surface area (Å²) in [5.41, 5.74) is 0. The number of rotatable bonds is 58. The van der Waals surface area contributed by atoms with Crippen molar-refractivity contribution in [1.29, 1.82) is 0 Å². The van der Waals surface area contributed by atoms with Gasteiger partial charge >= 0.3 is 0 Å². The van der Waals surface area contributed by atoms with Crippen LogP contribution in [0.2, 0.25) is 0 Å². The Balaban J connectivity index is 2.08. The van der Waals surface area contributed by atoms with Crippen LogP contribution in [0.25, 0.3) is 0 Å². The van der Waals surface area contributed by atoms with Gasteiger partial charge in [0, 0.05) is 6.42 Å². The summed E-state index contributed by atoms with van der Waals surface area (Å²) < 4.78 is 11.3. The van der Waals surface area contributed by atoms with E-state index in [1.807, 2.05) is 6.08 Å². The predicted molar refractivity (Wildman–Crippen MR) is 327 cm³/mol. The molecule has 0 aromatic carbocycles. The van der Waals surface area contributed by atoms with Crippen molar-refractivity contribution in [3.05, 3.63) is 48.6 Å². The van der Waals surface area contributed by atoms with Crippen molar-refractivity contribution in [3.8, 4) is 0 Å². The Morgan fingerprint density at radius 3 is 1.13 bits per heavy atom. The number of unbranched alkanes of at least 4 members (excludes halogenated alkanes) is 42. The minimum atomic E-state index is -1.57. The van der Waals surface area contributed by atoms with Gasteiger partial charge in [0.15, 0.2) is 6.29 Å². The van der Waals surface area contributed by atoms with E-state index >= 15 is 0 Å². The quantitative estimate of drug-likeness (QED) is 0.0261. The molecule has 0 spiro atoms. The number of ether oxygens (including phenoxy) is 2. The third kappa shape index (κ3) is 46.5. The van der Waals surface area contributed by atoms with Crippen LogP contribution in [0, 0.1) is 0 Å². The molecular formula is C68H127NO8. The Labute approximate surface area is 475 Å². The first-order valence-electron chi connectivity index (χ1n) is 33.4. The molecule has 0 aromatic heterocycles. The molecule has 6 N–H and O–H groups in total. The van der Waals surface area contributed by atoms with Crippen LogP contribution >= 0.6 is 0 Å². The molecule has 1 aliphatic rings. The van der Waals surface area contributed by atoms with Gasteiger partial charge in [0.2, 0.25) is 5.91 Å². The molecular weight excluding hydrogens is 959 g/mol. The summed E-state index contributed by atoms with van der Waals surface area (Å²) in [5, 5.41) is 54.6. The maximum Gasteiger partial charge on any atom is 0.220 e. The third-order valence-electron chi connectivity index (χ3n) is 15.9. The lowest BCUT2D eigenvalue weighted by molar-refractivity contribution is -0.302. The maximum absolute atomic E-state index is 13.1. The molecule has 77 heavy (non-hydrogen) atoms. The van der Waals surface area contributed by atoms with Crippen LogP contribution in [0.1, 0.15) is 322 Å². The van der Waals surface area contributed by atoms with Gasteiger partial charge in [0.1, 0.15) is 24.4 Å². The van der Waals surface area contributed by atoms with Gasteiger partial charge < -0.3 is 40.3 Å². The Morgan fingerprint density at radius 2 is 0.766 bits per heavy atom. The summed E-state index contributed by atoms with van der Waals surface area (Å²) in [6, 6.07) is -0.804. The maximum atomic E-state index is 13.1. The van der Waals surface area contributed by atoms with Crippen molar-refractivity contribution in [1.82, 2.24) is 5.32 Å². The monoisotopic (exact) mass is 1090 g/mol. The highest BCUT2D eigenvalue weighted by Gasteiger charge is 2.44. The first-order chi connectivity index (χ1) is 37.8. The first kappa shape index (κ1) is 73.2. The minimum absolute atomic E-state index is 0.172. The van der Waals surface area contributed by atoms with Crippen LogP contribution in [0.4, 0.5) is 0 Å². The molecule has 1 heterocycles. The van der Waals surface area contributed by atoms with Gasteiger partial charge in [0.05, 0.1) is 25.4 Å². The van der Waals surface area contributed by atoms with Crippen molar-refractivity contribution < 1.29 is 39.8 Å². The fraction of sp³-hybridized carbons (Fsp3) is 0.868. The number of nitrogens with one attached hydrogen (secondary N) is 1. The number of hydrogen-bond donors (Lipinski definition) is 6. The largest absolute Gasteiger partial charge is 0.394 e. The van der Waals surface area contributed by atoms with E-state index in [0.29, 0.717) is 6.42 Å². The molecule has 0 bridgehead atoms. The molecule has 1 rings (SSSR count). The molecule has 1 saturated heterocycles. The number of carbonyl (C=O) groups excluding carboxylic acids is 1. The average molecular weight is 1090 g/mol. The molecule has 7 unspecified atom stereocenters. The highest BCUT2D eigenvalue weighted by molar-refractivity contribution is 5.76. The molecule has 0 aliphatic carbocycles. The van der Waals surface area contributed by atoms with Crippen molar-refractivity contribution in [2.24, 2.45) is 0 Å². The highest BCUT2D eigenvalue weighted by Crippen LogP contribution is 2.23. The third-order valence-corrected chi connectivity index (χ3v) is 15.9. The van der Waals surface area contributed by atoms with Gasteiger partial charge in [-0.2, -0.15) is 0 Å². The molecule has 9 nitrogen and oxygen atoms in total. The summed E-state index contributed by atoms with van der Waals surface area (Å²) in [6.07, 6.45) is 70.7. The zero-order chi connectivity index (χ0) is 55.8. The molecule has 1 aliphatic heterocycles. The lowest BCUT2D eigenvalue weighted by Gasteiger charge is -2.40. The Morgan fingerprint density at radius 1 is 0.442 bits per heavy atom. The Hall–Kier alpha value is -1.85. The van der Waals surface area contributed by atoms with E-state index in [4.69, 9.17) is 9.47 Å². The van der Waals surface area contributed by atoms with Crippen molar-refractivity contribution in [2.75, 3.05) is 13.2 Å². The molecule has 0 saturated carbocycles. The molecule has 7 atom stereocenters. The summed E-state index contributed by atoms with van der Waals surface area (Å²) in [4.78, 5) is 13.1. The van der Waals surface area contributed by atoms with E-state index in [1.165, 1.54) is 250 Å². The summed E-state index contributed by atoms with van der Waals surface area (Å²) >= 11 is 0. The fourth-order valence-electron chi connectivity index (χ4n) is 10.6. The van der Waals surface area contributed by atoms with Gasteiger partial charge in [-0.15, -0.1) is 0 Å². The predicted octanol–water partition coefficient (Wildman–Crippen LogP) is 17.6. The lowest BCUT2D eigenvalue weighted by atomic mass is 9.99. The number of carbonyl (C=O) groups is 1. The second kappa shape index (κ2) is 57.4. The van der Waals surface area contributed by atoms with E-state index in [2.05, 4.69) is 55.6 Å². The normalized spacial score (nSPS) is 19.0. The van der Waals surface area contributed by atoms with Crippen LogP contribution in [0.15, 0.2) is 48.6 Å². The number of aliphatic hydroxyl groups is 5. The molecule has 452 valence electrons. The van der Waals surface area contributed by atoms with Crippen LogP contribution in [0.3, 0.4) is 0 Å². The second-order valence-corrected chi connectivity index (χ2v) is 23.3.